The van der Waals surface area contributed by atoms with E-state index in [9.17, 15) is 28.8 Å². The van der Waals surface area contributed by atoms with E-state index in [0.717, 1.165) is 25.0 Å². The van der Waals surface area contributed by atoms with Crippen molar-refractivity contribution >= 4 is 127 Å². The summed E-state index contributed by atoms with van der Waals surface area (Å²) in [6.07, 6.45) is 0. The molecule has 0 aliphatic rings. The third kappa shape index (κ3) is 16.0. The summed E-state index contributed by atoms with van der Waals surface area (Å²) in [4.78, 5) is 79.3. The number of ether oxygens (including phenoxy) is 2. The molecule has 372 valence electrons. The number of carbonyl (C=O) groups excluding carboxylic acids is 6. The van der Waals surface area contributed by atoms with E-state index in [2.05, 4.69) is 41.7 Å². The number of carbonyl (C=O) groups is 6. The van der Waals surface area contributed by atoms with Gasteiger partial charge in [-0.2, -0.15) is 20.5 Å². The van der Waals surface area contributed by atoms with Gasteiger partial charge in [0.15, 0.2) is 11.6 Å². The Balaban J connectivity index is 1.28. The number of benzene rings is 5. The first-order chi connectivity index (χ1) is 33.6. The molecule has 5 aromatic rings. The van der Waals surface area contributed by atoms with Crippen LogP contribution in [0.15, 0.2) is 111 Å². The lowest BCUT2D eigenvalue weighted by Gasteiger charge is -2.17. The van der Waals surface area contributed by atoms with Crippen LogP contribution in [0.3, 0.4) is 0 Å². The Morgan fingerprint density at radius 3 is 1.35 bits per heavy atom. The smallest absolute Gasteiger partial charge is 0.258 e. The van der Waals surface area contributed by atoms with E-state index in [-0.39, 0.29) is 54.7 Å². The van der Waals surface area contributed by atoms with Crippen LogP contribution in [0.1, 0.15) is 102 Å². The van der Waals surface area contributed by atoms with Gasteiger partial charge in [-0.25, -0.2) is 0 Å². The highest BCUT2D eigenvalue weighted by molar-refractivity contribution is 6.32. The molecule has 0 saturated heterocycles. The number of nitrogens with one attached hydrogen (secondary N) is 4. The molecular formula is C50H49Cl5N8O8. The molecule has 0 bridgehead atoms. The van der Waals surface area contributed by atoms with Gasteiger partial charge in [0.25, 0.3) is 23.6 Å². The van der Waals surface area contributed by atoms with Gasteiger partial charge in [-0.15, -0.1) is 34.8 Å². The van der Waals surface area contributed by atoms with Crippen LogP contribution in [0.4, 0.5) is 34.1 Å². The van der Waals surface area contributed by atoms with Crippen molar-refractivity contribution in [1.29, 1.82) is 0 Å². The maximum Gasteiger partial charge on any atom is 0.258 e. The number of Topliss-reactive ketones (excluding diaryl/α,β-unsaturated/α-hetero) is 2. The minimum absolute atomic E-state index is 0.0791. The predicted molar refractivity (Wildman–Crippen MR) is 279 cm³/mol. The average molecular weight is 1070 g/mol. The van der Waals surface area contributed by atoms with Gasteiger partial charge in [-0.1, -0.05) is 23.2 Å². The molecule has 4 amide bonds. The van der Waals surface area contributed by atoms with Crippen LogP contribution in [0.5, 0.6) is 11.5 Å². The molecule has 0 heterocycles. The van der Waals surface area contributed by atoms with Crippen LogP contribution < -0.4 is 30.7 Å². The molecule has 5 rings (SSSR count). The highest BCUT2D eigenvalue weighted by Crippen LogP contribution is 2.33. The van der Waals surface area contributed by atoms with Crippen molar-refractivity contribution in [3.05, 3.63) is 129 Å². The molecule has 16 nitrogen and oxygen atoms in total. The lowest BCUT2D eigenvalue weighted by Crippen LogP contribution is -2.32. The first-order valence-electron chi connectivity index (χ1n) is 21.9. The fourth-order valence-electron chi connectivity index (χ4n) is 6.66. The summed E-state index contributed by atoms with van der Waals surface area (Å²) in [5.41, 5.74) is 3.37. The van der Waals surface area contributed by atoms with Crippen molar-refractivity contribution in [3.63, 3.8) is 0 Å². The second-order valence-electron chi connectivity index (χ2n) is 15.8. The maximum absolute atomic E-state index is 13.6. The first kappa shape index (κ1) is 55.5. The van der Waals surface area contributed by atoms with E-state index in [1.807, 2.05) is 13.8 Å². The van der Waals surface area contributed by atoms with Crippen LogP contribution in [0.25, 0.3) is 0 Å². The topological polar surface area (TPSA) is 218 Å². The number of halogens is 5. The van der Waals surface area contributed by atoms with Crippen molar-refractivity contribution < 1.29 is 38.2 Å². The number of rotatable bonds is 21. The molecule has 0 aliphatic heterocycles. The number of ketones is 2. The summed E-state index contributed by atoms with van der Waals surface area (Å²) in [5, 5.41) is 25.8. The van der Waals surface area contributed by atoms with Gasteiger partial charge in [-0.05, 0) is 144 Å². The van der Waals surface area contributed by atoms with Gasteiger partial charge >= 0.3 is 0 Å². The van der Waals surface area contributed by atoms with Gasteiger partial charge in [0, 0.05) is 56.1 Å². The summed E-state index contributed by atoms with van der Waals surface area (Å²) in [6, 6.07) is 19.8. The van der Waals surface area contributed by atoms with Crippen molar-refractivity contribution in [2.75, 3.05) is 34.5 Å². The number of hydrogen-bond donors (Lipinski definition) is 4. The lowest BCUT2D eigenvalue weighted by atomic mass is 10.1. The fourth-order valence-corrected chi connectivity index (χ4v) is 7.55. The Kier molecular flexibility index (Phi) is 20.0. The van der Waals surface area contributed by atoms with Crippen molar-refractivity contribution in [2.24, 2.45) is 20.5 Å². The lowest BCUT2D eigenvalue weighted by molar-refractivity contribution is -0.127. The normalized spacial score (nSPS) is 13.4. The standard InChI is InChI=1S/C50H49Cl5N8O8/c1-8-70-41-18-30(25(3)51)14-37(22-41)57-47(66)32-12-34(54)20-39(16-32)60-62-45(28(6)64)49(68)56-36-10-11-44(43(24-36)27(5)53)59-50(69)46(29(7)65)63-61-40-17-33(13-35(55)21-40)48(67)58-38-15-31(26(4)52)19-42(23-38)71-9-2/h10-27,45-46H,8-9H2,1-7H3,(H,56,68)(H,57,66)(H,58,67)(H,59,69). The third-order valence-corrected chi connectivity index (χ3v) is 11.2. The SMILES string of the molecule is CCOc1cc(NC(=O)c2cc(Cl)cc(N=NC(C(C)=O)C(=O)Nc3ccc(NC(=O)C(N=Nc4cc(Cl)cc(C(=O)Nc5cc(OCC)cc(C(C)Cl)c5)c4)C(C)=O)c(C(C)Cl)c3)c2)cc(C(C)Cl)c1. The molecule has 71 heavy (non-hydrogen) atoms. The van der Waals surface area contributed by atoms with Gasteiger partial charge in [0.05, 0.1) is 40.7 Å². The second kappa shape index (κ2) is 25.6. The van der Waals surface area contributed by atoms with Crippen LogP contribution in [-0.2, 0) is 19.2 Å². The minimum Gasteiger partial charge on any atom is -0.494 e. The van der Waals surface area contributed by atoms with Crippen LogP contribution in [0, 0.1) is 0 Å². The zero-order valence-corrected chi connectivity index (χ0v) is 43.2. The Bertz CT molecular complexity index is 2890. The highest BCUT2D eigenvalue weighted by atomic mass is 35.5. The van der Waals surface area contributed by atoms with Gasteiger partial charge in [-0.3, -0.25) is 28.8 Å². The monoisotopic (exact) mass is 1060 g/mol. The number of hydrogen-bond acceptors (Lipinski definition) is 12. The van der Waals surface area contributed by atoms with Crippen molar-refractivity contribution in [3.8, 4) is 11.5 Å². The molecule has 0 saturated carbocycles. The van der Waals surface area contributed by atoms with Gasteiger partial charge < -0.3 is 30.7 Å². The number of amides is 4. The Hall–Kier alpha value is -6.43. The van der Waals surface area contributed by atoms with E-state index < -0.39 is 52.7 Å². The molecule has 0 aliphatic carbocycles. The van der Waals surface area contributed by atoms with E-state index in [1.165, 1.54) is 54.6 Å². The Morgan fingerprint density at radius 1 is 0.521 bits per heavy atom. The molecule has 0 spiro atoms. The van der Waals surface area contributed by atoms with Gasteiger partial charge in [0.1, 0.15) is 11.5 Å². The van der Waals surface area contributed by atoms with Crippen LogP contribution in [0.2, 0.25) is 10.0 Å². The molecule has 5 atom stereocenters. The van der Waals surface area contributed by atoms with E-state index in [4.69, 9.17) is 67.5 Å². The summed E-state index contributed by atoms with van der Waals surface area (Å²) in [6.45, 7) is 12.0. The van der Waals surface area contributed by atoms with Crippen molar-refractivity contribution in [1.82, 2.24) is 0 Å². The summed E-state index contributed by atoms with van der Waals surface area (Å²) >= 11 is 31.8. The highest BCUT2D eigenvalue weighted by Gasteiger charge is 2.27. The minimum atomic E-state index is -1.64. The van der Waals surface area contributed by atoms with Gasteiger partial charge in [0.2, 0.25) is 12.1 Å². The summed E-state index contributed by atoms with van der Waals surface area (Å²) in [5.74, 6) is -3.06. The Morgan fingerprint density at radius 2 is 0.958 bits per heavy atom. The first-order valence-corrected chi connectivity index (χ1v) is 24.0. The number of nitrogens with zero attached hydrogens (tertiary/aromatic N) is 4. The molecule has 5 unspecified atom stereocenters. The largest absolute Gasteiger partial charge is 0.494 e. The average Bonchev–Trinajstić information content (AvgIpc) is 3.29. The molecular weight excluding hydrogens is 1020 g/mol. The third-order valence-electron chi connectivity index (χ3n) is 10.1. The molecule has 0 radical (unpaired) electrons. The zero-order chi connectivity index (χ0) is 52.1. The quantitative estimate of drug-likeness (QED) is 0.0314. The van der Waals surface area contributed by atoms with Crippen LogP contribution in [-0.4, -0.2) is 60.5 Å². The molecule has 0 fully saturated rings. The number of alkyl halides is 3. The van der Waals surface area contributed by atoms with E-state index in [1.54, 1.807) is 57.2 Å². The molecule has 21 heteroatoms. The summed E-state index contributed by atoms with van der Waals surface area (Å²) < 4.78 is 11.2. The van der Waals surface area contributed by atoms with Crippen molar-refractivity contribution in [2.45, 2.75) is 76.7 Å². The predicted octanol–water partition coefficient (Wildman–Crippen LogP) is 13.6. The zero-order valence-electron chi connectivity index (χ0n) is 39.4. The molecule has 0 aromatic heterocycles. The number of azo groups is 2. The maximum atomic E-state index is 13.6. The Labute approximate surface area is 435 Å². The number of anilines is 4. The molecule has 4 N–H and O–H groups in total. The fraction of sp³-hybridized carbons (Fsp3) is 0.280. The van der Waals surface area contributed by atoms with E-state index in [0.29, 0.717) is 41.7 Å². The summed E-state index contributed by atoms with van der Waals surface area (Å²) in [7, 11) is 0. The molecule has 5 aromatic carbocycles. The van der Waals surface area contributed by atoms with Crippen LogP contribution >= 0.6 is 58.0 Å². The second-order valence-corrected chi connectivity index (χ2v) is 18.7. The van der Waals surface area contributed by atoms with E-state index >= 15 is 0 Å².